The van der Waals surface area contributed by atoms with E-state index in [1.807, 2.05) is 25.1 Å². The van der Waals surface area contributed by atoms with Crippen molar-refractivity contribution in [1.29, 1.82) is 0 Å². The molecule has 6 rings (SSSR count). The molecule has 12 heteroatoms. The van der Waals surface area contributed by atoms with E-state index in [9.17, 15) is 25.2 Å². The Balaban J connectivity index is 1.41. The molecule has 2 aliphatic carbocycles. The molecule has 2 amide bonds. The van der Waals surface area contributed by atoms with Crippen molar-refractivity contribution in [2.24, 2.45) is 22.9 Å². The van der Waals surface area contributed by atoms with Crippen LogP contribution < -0.4 is 19.5 Å². The third-order valence-electron chi connectivity index (χ3n) is 10.4. The van der Waals surface area contributed by atoms with E-state index in [1.165, 1.54) is 7.11 Å². The Labute approximate surface area is 287 Å². The monoisotopic (exact) mass is 679 g/mol. The number of urea groups is 1. The van der Waals surface area contributed by atoms with Gasteiger partial charge < -0.3 is 49.7 Å². The summed E-state index contributed by atoms with van der Waals surface area (Å²) in [5.74, 6) is -0.772. The first-order valence-corrected chi connectivity index (χ1v) is 17.5. The zero-order valence-corrected chi connectivity index (χ0v) is 28.3. The number of rotatable bonds is 14. The highest BCUT2D eigenvalue weighted by atomic mass is 16.7. The van der Waals surface area contributed by atoms with Crippen LogP contribution in [0.5, 0.6) is 23.0 Å². The number of ether oxygens (including phenoxy) is 3. The van der Waals surface area contributed by atoms with Gasteiger partial charge in [0.15, 0.2) is 11.5 Å². The lowest BCUT2D eigenvalue weighted by Crippen LogP contribution is -2.69. The number of nitrogens with one attached hydrogen (secondary N) is 1. The van der Waals surface area contributed by atoms with Gasteiger partial charge in [0.2, 0.25) is 12.6 Å². The summed E-state index contributed by atoms with van der Waals surface area (Å²) >= 11 is 0. The maximum absolute atomic E-state index is 14.1. The molecule has 4 aliphatic rings. The van der Waals surface area contributed by atoms with Crippen molar-refractivity contribution in [2.75, 3.05) is 33.7 Å². The number of aliphatic hydroxyl groups is 3. The van der Waals surface area contributed by atoms with E-state index in [4.69, 9.17) is 19.0 Å². The standard InChI is InChI=1S/C37H49N3O9/c1-3-14-40(36(44)38-21-23-10-12-31-32(17-23)48-22-47-31)33-20-29(39-46-2)27-18-24(8-4-6-15-41)26(9-5-7-16-42)34-28-19-25(43)11-13-30(28)49-37(33,45)35(27)34/h10-13,17-19,24,26,33-35,41-43,45H,3-9,14-16,20-22H2,1-2H3,(H,38,44)/t24-,26+,33-,34+,35+,37+/m0/s1. The van der Waals surface area contributed by atoms with E-state index < -0.39 is 17.7 Å². The maximum Gasteiger partial charge on any atom is 0.318 e. The molecule has 0 saturated heterocycles. The summed E-state index contributed by atoms with van der Waals surface area (Å²) in [6.07, 6.45) is 7.55. The second-order valence-corrected chi connectivity index (χ2v) is 13.4. The summed E-state index contributed by atoms with van der Waals surface area (Å²) in [5, 5.41) is 50.5. The third kappa shape index (κ3) is 6.91. The number of hydrogen-bond acceptors (Lipinski definition) is 10. The average Bonchev–Trinajstić information content (AvgIpc) is 3.57. The minimum Gasteiger partial charge on any atom is -0.508 e. The van der Waals surface area contributed by atoms with Crippen LogP contribution in [0.15, 0.2) is 53.2 Å². The van der Waals surface area contributed by atoms with Gasteiger partial charge in [-0.3, -0.25) is 0 Å². The van der Waals surface area contributed by atoms with E-state index in [0.717, 1.165) is 42.4 Å². The van der Waals surface area contributed by atoms with Crippen LogP contribution in [0.2, 0.25) is 0 Å². The molecule has 0 spiro atoms. The normalized spacial score (nSPS) is 27.1. The lowest BCUT2D eigenvalue weighted by molar-refractivity contribution is -0.228. The lowest BCUT2D eigenvalue weighted by Gasteiger charge is -2.58. The highest BCUT2D eigenvalue weighted by Crippen LogP contribution is 2.60. The number of nitrogens with zero attached hydrogens (tertiary/aromatic N) is 2. The van der Waals surface area contributed by atoms with Crippen LogP contribution in [0.3, 0.4) is 0 Å². The van der Waals surface area contributed by atoms with Crippen LogP contribution in [0.25, 0.3) is 0 Å². The van der Waals surface area contributed by atoms with Crippen molar-refractivity contribution >= 4 is 11.7 Å². The summed E-state index contributed by atoms with van der Waals surface area (Å²) in [6, 6.07) is 9.35. The Morgan fingerprint density at radius 2 is 1.80 bits per heavy atom. The first-order valence-electron chi connectivity index (χ1n) is 17.5. The highest BCUT2D eigenvalue weighted by Gasteiger charge is 2.64. The molecule has 2 aliphatic heterocycles. The van der Waals surface area contributed by atoms with Crippen molar-refractivity contribution < 1.29 is 44.3 Å². The summed E-state index contributed by atoms with van der Waals surface area (Å²) in [6.45, 7) is 2.93. The molecular formula is C37H49N3O9. The fourth-order valence-electron chi connectivity index (χ4n) is 8.36. The predicted octanol–water partition coefficient (Wildman–Crippen LogP) is 4.80. The number of hydrogen-bond donors (Lipinski definition) is 5. The zero-order valence-electron chi connectivity index (χ0n) is 28.3. The number of fused-ring (bicyclic) bond motifs is 3. The second-order valence-electron chi connectivity index (χ2n) is 13.4. The van der Waals surface area contributed by atoms with Gasteiger partial charge in [0.25, 0.3) is 0 Å². The molecule has 2 aromatic carbocycles. The molecule has 1 saturated carbocycles. The average molecular weight is 680 g/mol. The largest absolute Gasteiger partial charge is 0.508 e. The molecule has 0 bridgehead atoms. The Bertz CT molecular complexity index is 1550. The molecule has 0 unspecified atom stereocenters. The first kappa shape index (κ1) is 34.8. The summed E-state index contributed by atoms with van der Waals surface area (Å²) in [7, 11) is 1.49. The second kappa shape index (κ2) is 15.3. The molecular weight excluding hydrogens is 630 g/mol. The topological polar surface area (TPSA) is 163 Å². The Hall–Kier alpha value is -4.00. The number of phenolic OH excluding ortho intramolecular Hbond substituents is 1. The number of benzene rings is 2. The third-order valence-corrected chi connectivity index (χ3v) is 10.4. The van der Waals surface area contributed by atoms with Gasteiger partial charge in [-0.15, -0.1) is 0 Å². The molecule has 2 aromatic rings. The zero-order chi connectivity index (χ0) is 34.5. The number of allylic oxidation sites excluding steroid dienone is 1. The number of unbranched alkanes of at least 4 members (excludes halogenated alkanes) is 2. The smallest absolute Gasteiger partial charge is 0.318 e. The van der Waals surface area contributed by atoms with Crippen LogP contribution in [-0.2, 0) is 11.4 Å². The van der Waals surface area contributed by atoms with Gasteiger partial charge in [0.1, 0.15) is 24.7 Å². The van der Waals surface area contributed by atoms with E-state index >= 15 is 0 Å². The van der Waals surface area contributed by atoms with Crippen molar-refractivity contribution in [1.82, 2.24) is 10.2 Å². The maximum atomic E-state index is 14.1. The summed E-state index contributed by atoms with van der Waals surface area (Å²) in [4.78, 5) is 21.2. The first-order chi connectivity index (χ1) is 23.8. The molecule has 266 valence electrons. The minimum atomic E-state index is -1.83. The Kier molecular flexibility index (Phi) is 10.9. The number of carbonyl (C=O) groups is 1. The van der Waals surface area contributed by atoms with Gasteiger partial charge in [0.05, 0.1) is 11.6 Å². The SMILES string of the molecule is CCCN(C(=O)NCc1ccc2c(c1)OCO2)[C@H]1CC(=NOC)C2=C[C@H](CCCCO)[C@@H](CCCCO)[C@@H]3c4cc(O)ccc4O[C@@]1(O)[C@H]23. The fraction of sp³-hybridized carbons (Fsp3) is 0.568. The number of phenols is 1. The molecule has 1 fully saturated rings. The Morgan fingerprint density at radius 1 is 1.04 bits per heavy atom. The van der Waals surface area contributed by atoms with Crippen LogP contribution >= 0.6 is 0 Å². The number of aromatic hydroxyl groups is 1. The van der Waals surface area contributed by atoms with Gasteiger partial charge in [-0.05, 0) is 85.4 Å². The van der Waals surface area contributed by atoms with Crippen molar-refractivity contribution in [3.8, 4) is 23.0 Å². The molecule has 49 heavy (non-hydrogen) atoms. The molecule has 0 radical (unpaired) electrons. The predicted molar refractivity (Wildman–Crippen MR) is 181 cm³/mol. The van der Waals surface area contributed by atoms with Gasteiger partial charge in [-0.25, -0.2) is 4.79 Å². The fourth-order valence-corrected chi connectivity index (χ4v) is 8.36. The lowest BCUT2D eigenvalue weighted by atomic mass is 9.55. The van der Waals surface area contributed by atoms with Crippen LogP contribution in [0.1, 0.15) is 75.3 Å². The minimum absolute atomic E-state index is 0.0250. The van der Waals surface area contributed by atoms with Crippen LogP contribution in [-0.4, -0.2) is 82.6 Å². The van der Waals surface area contributed by atoms with Crippen molar-refractivity contribution in [2.45, 2.75) is 82.6 Å². The van der Waals surface area contributed by atoms with E-state index in [-0.39, 0.29) is 62.5 Å². The van der Waals surface area contributed by atoms with Crippen LogP contribution in [0, 0.1) is 17.8 Å². The summed E-state index contributed by atoms with van der Waals surface area (Å²) in [5.41, 5.74) is 3.11. The van der Waals surface area contributed by atoms with E-state index in [2.05, 4.69) is 16.5 Å². The van der Waals surface area contributed by atoms with E-state index in [0.29, 0.717) is 48.8 Å². The molecule has 5 N–H and O–H groups in total. The number of amides is 2. The summed E-state index contributed by atoms with van der Waals surface area (Å²) < 4.78 is 17.6. The quantitative estimate of drug-likeness (QED) is 0.140. The molecule has 6 atom stereocenters. The highest BCUT2D eigenvalue weighted by molar-refractivity contribution is 6.03. The van der Waals surface area contributed by atoms with Crippen molar-refractivity contribution in [3.05, 3.63) is 59.2 Å². The Morgan fingerprint density at radius 3 is 2.55 bits per heavy atom. The molecule has 12 nitrogen and oxygen atoms in total. The van der Waals surface area contributed by atoms with Crippen LogP contribution in [0.4, 0.5) is 4.79 Å². The van der Waals surface area contributed by atoms with Gasteiger partial charge in [-0.1, -0.05) is 37.1 Å². The number of carbonyl (C=O) groups excluding carboxylic acids is 1. The van der Waals surface area contributed by atoms with Gasteiger partial charge in [0, 0.05) is 44.2 Å². The molecule has 0 aromatic heterocycles. The van der Waals surface area contributed by atoms with Crippen molar-refractivity contribution in [3.63, 3.8) is 0 Å². The van der Waals surface area contributed by atoms with Gasteiger partial charge in [-0.2, -0.15) is 0 Å². The van der Waals surface area contributed by atoms with Gasteiger partial charge >= 0.3 is 6.03 Å². The number of oxime groups is 1. The number of aliphatic hydroxyl groups excluding tert-OH is 2. The molecule has 2 heterocycles. The van der Waals surface area contributed by atoms with E-state index in [1.54, 1.807) is 23.1 Å².